The van der Waals surface area contributed by atoms with E-state index < -0.39 is 0 Å². The van der Waals surface area contributed by atoms with E-state index in [0.717, 1.165) is 5.56 Å². The van der Waals surface area contributed by atoms with Crippen molar-refractivity contribution in [2.75, 3.05) is 5.75 Å². The summed E-state index contributed by atoms with van der Waals surface area (Å²) in [5, 5.41) is 9.89. The highest BCUT2D eigenvalue weighted by molar-refractivity contribution is 8.15. The summed E-state index contributed by atoms with van der Waals surface area (Å²) in [6, 6.07) is 6.75. The molecule has 0 fully saturated rings. The van der Waals surface area contributed by atoms with Gasteiger partial charge in [0.25, 0.3) is 5.91 Å². The molecule has 1 amide bonds. The minimum absolute atomic E-state index is 0.108. The summed E-state index contributed by atoms with van der Waals surface area (Å²) in [6.07, 6.45) is 0. The summed E-state index contributed by atoms with van der Waals surface area (Å²) in [5.41, 5.74) is 0.802. The van der Waals surface area contributed by atoms with Crippen molar-refractivity contribution in [1.82, 2.24) is 0 Å². The quantitative estimate of drug-likeness (QED) is 0.733. The zero-order chi connectivity index (χ0) is 9.26. The minimum atomic E-state index is -0.108. The Bertz CT molecular complexity index is 387. The predicted octanol–water partition coefficient (Wildman–Crippen LogP) is 1.41. The third-order valence-electron chi connectivity index (χ3n) is 1.65. The van der Waals surface area contributed by atoms with Crippen molar-refractivity contribution in [3.63, 3.8) is 0 Å². The largest absolute Gasteiger partial charge is 0.508 e. The van der Waals surface area contributed by atoms with Crippen LogP contribution in [0.3, 0.4) is 0 Å². The third kappa shape index (κ3) is 1.72. The number of nitrogens with zero attached hydrogens (tertiary/aromatic N) is 1. The number of hydrogen-bond acceptors (Lipinski definition) is 3. The number of carbonyl (C=O) groups is 1. The summed E-state index contributed by atoms with van der Waals surface area (Å²) in [6.45, 7) is 0. The lowest BCUT2D eigenvalue weighted by molar-refractivity contribution is -0.115. The molecule has 0 saturated heterocycles. The predicted molar refractivity (Wildman–Crippen MR) is 52.1 cm³/mol. The first-order valence-corrected chi connectivity index (χ1v) is 4.78. The highest BCUT2D eigenvalue weighted by Crippen LogP contribution is 2.22. The molecule has 0 aromatic heterocycles. The van der Waals surface area contributed by atoms with Crippen LogP contribution in [-0.2, 0) is 4.79 Å². The van der Waals surface area contributed by atoms with Crippen molar-refractivity contribution < 1.29 is 9.90 Å². The SMILES string of the molecule is O=C1CSC(c2cccc(O)c2)=N1. The van der Waals surface area contributed by atoms with E-state index in [4.69, 9.17) is 0 Å². The van der Waals surface area contributed by atoms with E-state index in [-0.39, 0.29) is 11.7 Å². The lowest BCUT2D eigenvalue weighted by Crippen LogP contribution is -1.90. The molecule has 1 aliphatic rings. The van der Waals surface area contributed by atoms with Crippen molar-refractivity contribution in [3.8, 4) is 5.75 Å². The second-order valence-corrected chi connectivity index (χ2v) is 3.61. The first kappa shape index (κ1) is 8.31. The van der Waals surface area contributed by atoms with Crippen LogP contribution >= 0.6 is 11.8 Å². The van der Waals surface area contributed by atoms with Crippen LogP contribution in [0.1, 0.15) is 5.56 Å². The topological polar surface area (TPSA) is 49.7 Å². The fourth-order valence-electron chi connectivity index (χ4n) is 1.09. The maximum atomic E-state index is 10.8. The number of carbonyl (C=O) groups excluding carboxylic acids is 1. The Morgan fingerprint density at radius 2 is 2.31 bits per heavy atom. The minimum Gasteiger partial charge on any atom is -0.508 e. The number of aliphatic imine (C=N–C) groups is 1. The molecule has 1 aliphatic heterocycles. The first-order valence-electron chi connectivity index (χ1n) is 3.79. The van der Waals surface area contributed by atoms with Crippen molar-refractivity contribution in [2.45, 2.75) is 0 Å². The summed E-state index contributed by atoms with van der Waals surface area (Å²) in [5.74, 6) is 0.494. The zero-order valence-electron chi connectivity index (χ0n) is 6.73. The van der Waals surface area contributed by atoms with Crippen LogP contribution in [0.4, 0.5) is 0 Å². The molecular weight excluding hydrogens is 186 g/mol. The molecule has 0 atom stereocenters. The molecule has 1 heterocycles. The molecule has 1 N–H and O–H groups in total. The molecule has 66 valence electrons. The number of phenolic OH excluding ortho intramolecular Hbond substituents is 1. The second kappa shape index (κ2) is 3.22. The van der Waals surface area contributed by atoms with Crippen LogP contribution in [0.15, 0.2) is 29.3 Å². The molecule has 1 aromatic carbocycles. The number of hydrogen-bond donors (Lipinski definition) is 1. The Kier molecular flexibility index (Phi) is 2.06. The number of thioether (sulfide) groups is 1. The summed E-state index contributed by atoms with van der Waals surface area (Å²) in [4.78, 5) is 14.7. The van der Waals surface area contributed by atoms with Crippen LogP contribution in [0, 0.1) is 0 Å². The smallest absolute Gasteiger partial charge is 0.257 e. The lowest BCUT2D eigenvalue weighted by atomic mass is 10.2. The van der Waals surface area contributed by atoms with Crippen LogP contribution in [0.2, 0.25) is 0 Å². The number of rotatable bonds is 1. The van der Waals surface area contributed by atoms with Gasteiger partial charge in [-0.3, -0.25) is 4.79 Å². The van der Waals surface area contributed by atoms with Gasteiger partial charge in [-0.25, -0.2) is 4.99 Å². The van der Waals surface area contributed by atoms with Gasteiger partial charge in [0.2, 0.25) is 0 Å². The highest BCUT2D eigenvalue weighted by atomic mass is 32.2. The van der Waals surface area contributed by atoms with Gasteiger partial charge in [0.1, 0.15) is 10.8 Å². The Hall–Kier alpha value is -1.29. The van der Waals surface area contributed by atoms with Gasteiger partial charge < -0.3 is 5.11 Å². The fourth-order valence-corrected chi connectivity index (χ4v) is 1.88. The van der Waals surface area contributed by atoms with Gasteiger partial charge in [-0.05, 0) is 12.1 Å². The molecule has 0 saturated carbocycles. The van der Waals surface area contributed by atoms with Gasteiger partial charge in [-0.1, -0.05) is 23.9 Å². The van der Waals surface area contributed by atoms with Crippen LogP contribution in [0.5, 0.6) is 5.75 Å². The summed E-state index contributed by atoms with van der Waals surface area (Å²) in [7, 11) is 0. The highest BCUT2D eigenvalue weighted by Gasteiger charge is 2.16. The van der Waals surface area contributed by atoms with Gasteiger partial charge in [0.05, 0.1) is 5.75 Å². The van der Waals surface area contributed by atoms with Gasteiger partial charge in [-0.15, -0.1) is 0 Å². The molecule has 0 unspecified atom stereocenters. The van der Waals surface area contributed by atoms with Crippen molar-refractivity contribution >= 4 is 22.7 Å². The van der Waals surface area contributed by atoms with E-state index in [0.29, 0.717) is 10.8 Å². The van der Waals surface area contributed by atoms with Crippen molar-refractivity contribution in [2.24, 2.45) is 4.99 Å². The van der Waals surface area contributed by atoms with E-state index in [2.05, 4.69) is 4.99 Å². The summed E-state index contributed by atoms with van der Waals surface area (Å²) < 4.78 is 0. The molecule has 0 spiro atoms. The number of phenols is 1. The van der Waals surface area contributed by atoms with Gasteiger partial charge >= 0.3 is 0 Å². The molecule has 2 rings (SSSR count). The van der Waals surface area contributed by atoms with Gasteiger partial charge in [0, 0.05) is 5.56 Å². The number of benzene rings is 1. The maximum Gasteiger partial charge on any atom is 0.257 e. The fraction of sp³-hybridized carbons (Fsp3) is 0.111. The Labute approximate surface area is 79.5 Å². The Balaban J connectivity index is 2.36. The third-order valence-corrected chi connectivity index (χ3v) is 2.64. The Morgan fingerprint density at radius 3 is 2.92 bits per heavy atom. The first-order chi connectivity index (χ1) is 6.25. The van der Waals surface area contributed by atoms with Crippen LogP contribution < -0.4 is 0 Å². The Morgan fingerprint density at radius 1 is 1.46 bits per heavy atom. The van der Waals surface area contributed by atoms with Crippen LogP contribution in [-0.4, -0.2) is 21.8 Å². The maximum absolute atomic E-state index is 10.8. The molecule has 0 radical (unpaired) electrons. The molecule has 0 aliphatic carbocycles. The molecule has 4 heteroatoms. The number of aromatic hydroxyl groups is 1. The molecule has 3 nitrogen and oxygen atoms in total. The standard InChI is InChI=1S/C9H7NO2S/c11-7-3-1-2-6(4-7)9-10-8(12)5-13-9/h1-4,11H,5H2. The average molecular weight is 193 g/mol. The normalized spacial score (nSPS) is 16.0. The monoisotopic (exact) mass is 193 g/mol. The number of amides is 1. The van der Waals surface area contributed by atoms with E-state index in [9.17, 15) is 9.90 Å². The zero-order valence-corrected chi connectivity index (χ0v) is 7.54. The van der Waals surface area contributed by atoms with E-state index in [1.807, 2.05) is 6.07 Å². The molecule has 13 heavy (non-hydrogen) atoms. The van der Waals surface area contributed by atoms with E-state index in [1.165, 1.54) is 11.8 Å². The van der Waals surface area contributed by atoms with Crippen molar-refractivity contribution in [3.05, 3.63) is 29.8 Å². The lowest BCUT2D eigenvalue weighted by Gasteiger charge is -1.98. The van der Waals surface area contributed by atoms with E-state index >= 15 is 0 Å². The van der Waals surface area contributed by atoms with Gasteiger partial charge in [-0.2, -0.15) is 0 Å². The average Bonchev–Trinajstić information content (AvgIpc) is 2.52. The van der Waals surface area contributed by atoms with Crippen molar-refractivity contribution in [1.29, 1.82) is 0 Å². The van der Waals surface area contributed by atoms with Crippen LogP contribution in [0.25, 0.3) is 0 Å². The molecular formula is C9H7NO2S. The second-order valence-electron chi connectivity index (χ2n) is 2.65. The molecule has 0 bridgehead atoms. The summed E-state index contributed by atoms with van der Waals surface area (Å²) >= 11 is 1.40. The van der Waals surface area contributed by atoms with E-state index in [1.54, 1.807) is 18.2 Å². The van der Waals surface area contributed by atoms with Gasteiger partial charge in [0.15, 0.2) is 0 Å². The molecule has 1 aromatic rings.